The quantitative estimate of drug-likeness (QED) is 0.867. The molecule has 1 aliphatic rings. The number of ether oxygens (including phenoxy) is 1. The number of hydrogen-bond donors (Lipinski definition) is 1. The number of rotatable bonds is 3. The van der Waals surface area contributed by atoms with Crippen molar-refractivity contribution in [1.82, 2.24) is 0 Å². The molecule has 1 fully saturated rings. The lowest BCUT2D eigenvalue weighted by atomic mass is 9.85. The largest absolute Gasteiger partial charge is 0.495 e. The van der Waals surface area contributed by atoms with Gasteiger partial charge in [-0.05, 0) is 25.0 Å². The Labute approximate surface area is 102 Å². The van der Waals surface area contributed by atoms with Crippen molar-refractivity contribution in [2.24, 2.45) is 5.92 Å². The van der Waals surface area contributed by atoms with Crippen LogP contribution in [0, 0.1) is 17.2 Å². The van der Waals surface area contributed by atoms with Crippen LogP contribution < -0.4 is 10.1 Å². The zero-order valence-corrected chi connectivity index (χ0v) is 10.1. The molecule has 0 aliphatic heterocycles. The molecular formula is C14H18N2O. The lowest BCUT2D eigenvalue weighted by Gasteiger charge is -2.29. The van der Waals surface area contributed by atoms with E-state index in [0.29, 0.717) is 0 Å². The van der Waals surface area contributed by atoms with E-state index in [2.05, 4.69) is 11.4 Å². The van der Waals surface area contributed by atoms with Crippen LogP contribution in [0.4, 0.5) is 5.69 Å². The van der Waals surface area contributed by atoms with Gasteiger partial charge in [0.05, 0.1) is 24.8 Å². The van der Waals surface area contributed by atoms with Gasteiger partial charge < -0.3 is 10.1 Å². The number of methoxy groups -OCH3 is 1. The summed E-state index contributed by atoms with van der Waals surface area (Å²) >= 11 is 0. The molecule has 1 aromatic carbocycles. The fourth-order valence-electron chi connectivity index (χ4n) is 2.42. The molecule has 1 saturated carbocycles. The monoisotopic (exact) mass is 230 g/mol. The molecule has 0 heterocycles. The van der Waals surface area contributed by atoms with E-state index in [9.17, 15) is 0 Å². The predicted molar refractivity (Wildman–Crippen MR) is 68.0 cm³/mol. The van der Waals surface area contributed by atoms with E-state index in [-0.39, 0.29) is 12.0 Å². The predicted octanol–water partition coefficient (Wildman–Crippen LogP) is 3.19. The van der Waals surface area contributed by atoms with Crippen LogP contribution >= 0.6 is 0 Å². The van der Waals surface area contributed by atoms with Gasteiger partial charge in [-0.15, -0.1) is 0 Å². The van der Waals surface area contributed by atoms with Crippen molar-refractivity contribution in [2.75, 3.05) is 12.4 Å². The fourth-order valence-corrected chi connectivity index (χ4v) is 2.42. The highest BCUT2D eigenvalue weighted by Gasteiger charge is 2.25. The van der Waals surface area contributed by atoms with Gasteiger partial charge >= 0.3 is 0 Å². The molecule has 0 saturated heterocycles. The van der Waals surface area contributed by atoms with Gasteiger partial charge in [0.1, 0.15) is 5.75 Å². The van der Waals surface area contributed by atoms with E-state index in [4.69, 9.17) is 10.00 Å². The van der Waals surface area contributed by atoms with E-state index in [1.165, 1.54) is 12.8 Å². The summed E-state index contributed by atoms with van der Waals surface area (Å²) in [5.74, 6) is 0.962. The Hall–Kier alpha value is -1.69. The van der Waals surface area contributed by atoms with E-state index >= 15 is 0 Å². The molecular weight excluding hydrogens is 212 g/mol. The summed E-state index contributed by atoms with van der Waals surface area (Å²) in [5, 5.41) is 12.6. The SMILES string of the molecule is COc1ccccc1NC1CCCCC1C#N. The van der Waals surface area contributed by atoms with Crippen LogP contribution in [0.15, 0.2) is 24.3 Å². The Morgan fingerprint density at radius 1 is 1.29 bits per heavy atom. The number of anilines is 1. The molecule has 2 atom stereocenters. The molecule has 0 aromatic heterocycles. The summed E-state index contributed by atoms with van der Waals surface area (Å²) in [7, 11) is 1.67. The summed E-state index contributed by atoms with van der Waals surface area (Å²) in [6.07, 6.45) is 4.44. The van der Waals surface area contributed by atoms with Crippen LogP contribution in [0.2, 0.25) is 0 Å². The van der Waals surface area contributed by atoms with Crippen LogP contribution in [0.5, 0.6) is 5.75 Å². The smallest absolute Gasteiger partial charge is 0.141 e. The minimum atomic E-state index is 0.119. The standard InChI is InChI=1S/C14H18N2O/c1-17-14-9-5-4-8-13(14)16-12-7-3-2-6-11(12)10-15/h4-5,8-9,11-12,16H,2-3,6-7H2,1H3. The van der Waals surface area contributed by atoms with Crippen molar-refractivity contribution < 1.29 is 4.74 Å². The Bertz CT molecular complexity index is 411. The van der Waals surface area contributed by atoms with Crippen molar-refractivity contribution in [3.63, 3.8) is 0 Å². The lowest BCUT2D eigenvalue weighted by Crippen LogP contribution is -2.31. The third kappa shape index (κ3) is 2.71. The second-order valence-electron chi connectivity index (χ2n) is 4.47. The zero-order valence-electron chi connectivity index (χ0n) is 10.1. The number of nitrogens with zero attached hydrogens (tertiary/aromatic N) is 1. The van der Waals surface area contributed by atoms with E-state index in [1.54, 1.807) is 7.11 Å². The van der Waals surface area contributed by atoms with Gasteiger partial charge in [-0.1, -0.05) is 25.0 Å². The maximum atomic E-state index is 9.14. The molecule has 3 nitrogen and oxygen atoms in total. The van der Waals surface area contributed by atoms with Crippen molar-refractivity contribution in [3.05, 3.63) is 24.3 Å². The Morgan fingerprint density at radius 2 is 2.06 bits per heavy atom. The normalized spacial score (nSPS) is 23.8. The minimum absolute atomic E-state index is 0.119. The first-order chi connectivity index (χ1) is 8.35. The third-order valence-electron chi connectivity index (χ3n) is 3.38. The average molecular weight is 230 g/mol. The first-order valence-electron chi connectivity index (χ1n) is 6.14. The molecule has 0 bridgehead atoms. The van der Waals surface area contributed by atoms with Gasteiger partial charge in [0, 0.05) is 6.04 Å². The summed E-state index contributed by atoms with van der Waals surface area (Å²) in [4.78, 5) is 0. The van der Waals surface area contributed by atoms with Crippen LogP contribution in [0.1, 0.15) is 25.7 Å². The number of hydrogen-bond acceptors (Lipinski definition) is 3. The number of benzene rings is 1. The Balaban J connectivity index is 2.11. The van der Waals surface area contributed by atoms with Gasteiger partial charge in [0.25, 0.3) is 0 Å². The number of para-hydroxylation sites is 2. The van der Waals surface area contributed by atoms with Gasteiger partial charge in [0.2, 0.25) is 0 Å². The molecule has 17 heavy (non-hydrogen) atoms. The maximum Gasteiger partial charge on any atom is 0.141 e. The van der Waals surface area contributed by atoms with Crippen LogP contribution in [0.3, 0.4) is 0 Å². The first kappa shape index (κ1) is 11.8. The lowest BCUT2D eigenvalue weighted by molar-refractivity contribution is 0.383. The highest BCUT2D eigenvalue weighted by molar-refractivity contribution is 5.56. The Morgan fingerprint density at radius 3 is 2.82 bits per heavy atom. The highest BCUT2D eigenvalue weighted by Crippen LogP contribution is 2.30. The van der Waals surface area contributed by atoms with Gasteiger partial charge in [-0.25, -0.2) is 0 Å². The molecule has 3 heteroatoms. The number of nitrogens with one attached hydrogen (secondary N) is 1. The molecule has 90 valence electrons. The summed E-state index contributed by atoms with van der Waals surface area (Å²) < 4.78 is 5.31. The second kappa shape index (κ2) is 5.58. The number of nitriles is 1. The molecule has 0 spiro atoms. The zero-order chi connectivity index (χ0) is 12.1. The summed E-state index contributed by atoms with van der Waals surface area (Å²) in [6, 6.07) is 10.5. The fraction of sp³-hybridized carbons (Fsp3) is 0.500. The third-order valence-corrected chi connectivity index (χ3v) is 3.38. The molecule has 2 rings (SSSR count). The van der Waals surface area contributed by atoms with E-state index in [1.807, 2.05) is 24.3 Å². The van der Waals surface area contributed by atoms with Crippen LogP contribution in [-0.2, 0) is 0 Å². The summed E-state index contributed by atoms with van der Waals surface area (Å²) in [6.45, 7) is 0. The average Bonchev–Trinajstić information content (AvgIpc) is 2.40. The minimum Gasteiger partial charge on any atom is -0.495 e. The molecule has 2 unspecified atom stereocenters. The van der Waals surface area contributed by atoms with Crippen LogP contribution in [0.25, 0.3) is 0 Å². The van der Waals surface area contributed by atoms with Gasteiger partial charge in [-0.3, -0.25) is 0 Å². The topological polar surface area (TPSA) is 45.0 Å². The van der Waals surface area contributed by atoms with Crippen molar-refractivity contribution in [2.45, 2.75) is 31.7 Å². The van der Waals surface area contributed by atoms with Crippen LogP contribution in [-0.4, -0.2) is 13.2 Å². The maximum absolute atomic E-state index is 9.14. The highest BCUT2D eigenvalue weighted by atomic mass is 16.5. The Kier molecular flexibility index (Phi) is 3.87. The van der Waals surface area contributed by atoms with Crippen molar-refractivity contribution in [1.29, 1.82) is 5.26 Å². The van der Waals surface area contributed by atoms with Crippen molar-refractivity contribution >= 4 is 5.69 Å². The van der Waals surface area contributed by atoms with Gasteiger partial charge in [-0.2, -0.15) is 5.26 Å². The molecule has 1 N–H and O–H groups in total. The molecule has 0 radical (unpaired) electrons. The molecule has 1 aromatic rings. The van der Waals surface area contributed by atoms with Gasteiger partial charge in [0.15, 0.2) is 0 Å². The van der Waals surface area contributed by atoms with E-state index in [0.717, 1.165) is 24.3 Å². The van der Waals surface area contributed by atoms with E-state index < -0.39 is 0 Å². The first-order valence-corrected chi connectivity index (χ1v) is 6.14. The summed E-state index contributed by atoms with van der Waals surface area (Å²) in [5.41, 5.74) is 0.988. The van der Waals surface area contributed by atoms with Crippen molar-refractivity contribution in [3.8, 4) is 11.8 Å². The molecule has 1 aliphatic carbocycles. The molecule has 0 amide bonds. The second-order valence-corrected chi connectivity index (χ2v) is 4.47.